The van der Waals surface area contributed by atoms with E-state index in [1.54, 1.807) is 0 Å². The van der Waals surface area contributed by atoms with Gasteiger partial charge in [0.15, 0.2) is 0 Å². The van der Waals surface area contributed by atoms with E-state index in [9.17, 15) is 9.59 Å². The third-order valence-corrected chi connectivity index (χ3v) is 2.49. The van der Waals surface area contributed by atoms with Gasteiger partial charge in [-0.05, 0) is 11.8 Å². The largest absolute Gasteiger partial charge is 0.419 e. The van der Waals surface area contributed by atoms with Gasteiger partial charge in [-0.25, -0.2) is 9.59 Å². The molecule has 0 saturated carbocycles. The van der Waals surface area contributed by atoms with Gasteiger partial charge in [-0.1, -0.05) is 34.3 Å². The molecule has 0 aromatic carbocycles. The van der Waals surface area contributed by atoms with Crippen LogP contribution in [0.4, 0.5) is 0 Å². The molecule has 1 aliphatic rings. The lowest BCUT2D eigenvalue weighted by Gasteiger charge is -2.38. The summed E-state index contributed by atoms with van der Waals surface area (Å²) < 4.78 is 10.6. The Labute approximate surface area is 102 Å². The van der Waals surface area contributed by atoms with Crippen LogP contribution >= 0.6 is 0 Å². The lowest BCUT2D eigenvalue weighted by atomic mass is 9.93. The van der Waals surface area contributed by atoms with Crippen LogP contribution in [0.3, 0.4) is 0 Å². The summed E-state index contributed by atoms with van der Waals surface area (Å²) in [6.45, 7) is 11.3. The molecular weight excluding hydrogens is 220 g/mol. The fourth-order valence-electron chi connectivity index (χ4n) is 2.06. The number of hydrogen-bond donors (Lipinski definition) is 0. The third-order valence-electron chi connectivity index (χ3n) is 2.49. The second-order valence-corrected chi connectivity index (χ2v) is 5.36. The average Bonchev–Trinajstić information content (AvgIpc) is 2.11. The molecule has 0 atom stereocenters. The van der Waals surface area contributed by atoms with Gasteiger partial charge in [0.1, 0.15) is 5.57 Å². The smallest absolute Gasteiger partial charge is 0.348 e. The van der Waals surface area contributed by atoms with Gasteiger partial charge in [-0.2, -0.15) is 0 Å². The molecule has 0 radical (unpaired) electrons. The minimum Gasteiger partial charge on any atom is -0.419 e. The topological polar surface area (TPSA) is 52.6 Å². The Bertz CT molecular complexity index is 309. The molecular formula is C13H20O4. The van der Waals surface area contributed by atoms with Crippen LogP contribution in [0.5, 0.6) is 0 Å². The van der Waals surface area contributed by atoms with Gasteiger partial charge in [-0.15, -0.1) is 0 Å². The Hall–Kier alpha value is -1.32. The molecule has 96 valence electrons. The second kappa shape index (κ2) is 4.90. The van der Waals surface area contributed by atoms with Gasteiger partial charge in [-0.3, -0.25) is 0 Å². The maximum Gasteiger partial charge on any atom is 0.348 e. The summed E-state index contributed by atoms with van der Waals surface area (Å²) in [5.74, 6) is -1.91. The number of carbonyl (C=O) groups is 2. The number of hydrogen-bond acceptors (Lipinski definition) is 4. The van der Waals surface area contributed by atoms with Crippen molar-refractivity contribution in [1.29, 1.82) is 0 Å². The van der Waals surface area contributed by atoms with Crippen LogP contribution in [0.15, 0.2) is 12.2 Å². The first-order valence-corrected chi connectivity index (χ1v) is 5.91. The van der Waals surface area contributed by atoms with Crippen LogP contribution in [0.1, 0.15) is 40.5 Å². The fourth-order valence-corrected chi connectivity index (χ4v) is 2.06. The predicted octanol–water partition coefficient (Wildman–Crippen LogP) is 2.43. The zero-order chi connectivity index (χ0) is 13.2. The molecule has 1 heterocycles. The van der Waals surface area contributed by atoms with Crippen molar-refractivity contribution >= 4 is 11.9 Å². The quantitative estimate of drug-likeness (QED) is 0.430. The fraction of sp³-hybridized carbons (Fsp3) is 0.692. The molecule has 0 aromatic heterocycles. The first-order chi connectivity index (χ1) is 7.76. The molecule has 0 aliphatic carbocycles. The van der Waals surface area contributed by atoms with E-state index in [0.717, 1.165) is 0 Å². The predicted molar refractivity (Wildman–Crippen MR) is 63.0 cm³/mol. The number of carbonyl (C=O) groups excluding carboxylic acids is 2. The van der Waals surface area contributed by atoms with E-state index in [-0.39, 0.29) is 17.4 Å². The first-order valence-electron chi connectivity index (χ1n) is 5.91. The van der Waals surface area contributed by atoms with Gasteiger partial charge in [0.05, 0.1) is 0 Å². The van der Waals surface area contributed by atoms with Crippen LogP contribution in [0, 0.1) is 11.8 Å². The van der Waals surface area contributed by atoms with E-state index in [2.05, 4.69) is 6.58 Å². The Morgan fingerprint density at radius 1 is 1.00 bits per heavy atom. The van der Waals surface area contributed by atoms with Crippen molar-refractivity contribution in [1.82, 2.24) is 0 Å². The molecule has 1 aliphatic heterocycles. The molecule has 1 rings (SSSR count). The van der Waals surface area contributed by atoms with Crippen molar-refractivity contribution < 1.29 is 19.1 Å². The minimum atomic E-state index is -1.11. The van der Waals surface area contributed by atoms with Gasteiger partial charge in [0.25, 0.3) is 5.79 Å². The molecule has 0 unspecified atom stereocenters. The maximum atomic E-state index is 11.6. The van der Waals surface area contributed by atoms with Gasteiger partial charge < -0.3 is 9.47 Å². The molecule has 0 amide bonds. The Morgan fingerprint density at radius 2 is 1.35 bits per heavy atom. The number of cyclic esters (lactones) is 2. The van der Waals surface area contributed by atoms with Crippen molar-refractivity contribution in [3.63, 3.8) is 0 Å². The van der Waals surface area contributed by atoms with E-state index >= 15 is 0 Å². The summed E-state index contributed by atoms with van der Waals surface area (Å²) >= 11 is 0. The van der Waals surface area contributed by atoms with Crippen LogP contribution < -0.4 is 0 Å². The van der Waals surface area contributed by atoms with Crippen LogP contribution in [0.25, 0.3) is 0 Å². The highest BCUT2D eigenvalue weighted by atomic mass is 16.7. The average molecular weight is 240 g/mol. The lowest BCUT2D eigenvalue weighted by Crippen LogP contribution is -2.48. The monoisotopic (exact) mass is 240 g/mol. The minimum absolute atomic E-state index is 0.229. The van der Waals surface area contributed by atoms with Gasteiger partial charge in [0, 0.05) is 12.8 Å². The van der Waals surface area contributed by atoms with E-state index in [1.807, 2.05) is 27.7 Å². The van der Waals surface area contributed by atoms with Gasteiger partial charge in [0.2, 0.25) is 0 Å². The van der Waals surface area contributed by atoms with Crippen LogP contribution in [-0.2, 0) is 19.1 Å². The molecule has 0 N–H and O–H groups in total. The Balaban J connectivity index is 2.94. The van der Waals surface area contributed by atoms with Crippen LogP contribution in [0.2, 0.25) is 0 Å². The van der Waals surface area contributed by atoms with Crippen molar-refractivity contribution in [2.75, 3.05) is 0 Å². The van der Waals surface area contributed by atoms with Crippen LogP contribution in [-0.4, -0.2) is 17.7 Å². The molecule has 17 heavy (non-hydrogen) atoms. The Kier molecular flexibility index (Phi) is 3.96. The van der Waals surface area contributed by atoms with E-state index in [1.165, 1.54) is 0 Å². The molecule has 1 saturated heterocycles. The zero-order valence-electron chi connectivity index (χ0n) is 10.9. The van der Waals surface area contributed by atoms with E-state index in [0.29, 0.717) is 12.8 Å². The van der Waals surface area contributed by atoms with Crippen molar-refractivity contribution in [3.05, 3.63) is 12.2 Å². The highest BCUT2D eigenvalue weighted by molar-refractivity contribution is 6.14. The lowest BCUT2D eigenvalue weighted by molar-refractivity contribution is -0.245. The number of ether oxygens (including phenoxy) is 2. The molecule has 0 aromatic rings. The standard InChI is InChI=1S/C13H20O4/c1-8(2)6-13(7-9(3)4)16-11(14)10(5)12(15)17-13/h8-9H,5-7H2,1-4H3. The summed E-state index contributed by atoms with van der Waals surface area (Å²) in [4.78, 5) is 23.1. The summed E-state index contributed by atoms with van der Waals surface area (Å²) in [6.07, 6.45) is 1.02. The number of esters is 2. The highest BCUT2D eigenvalue weighted by Gasteiger charge is 2.46. The summed E-state index contributed by atoms with van der Waals surface area (Å²) in [5.41, 5.74) is -0.229. The van der Waals surface area contributed by atoms with E-state index < -0.39 is 17.7 Å². The maximum absolute atomic E-state index is 11.6. The van der Waals surface area contributed by atoms with Crippen molar-refractivity contribution in [3.8, 4) is 0 Å². The molecule has 0 bridgehead atoms. The summed E-state index contributed by atoms with van der Waals surface area (Å²) in [5, 5.41) is 0. The number of rotatable bonds is 4. The second-order valence-electron chi connectivity index (χ2n) is 5.36. The Morgan fingerprint density at radius 3 is 1.65 bits per heavy atom. The molecule has 0 spiro atoms. The zero-order valence-corrected chi connectivity index (χ0v) is 10.9. The van der Waals surface area contributed by atoms with E-state index in [4.69, 9.17) is 9.47 Å². The first kappa shape index (κ1) is 13.7. The normalized spacial score (nSPS) is 19.5. The summed E-state index contributed by atoms with van der Waals surface area (Å²) in [6, 6.07) is 0. The van der Waals surface area contributed by atoms with Crippen molar-refractivity contribution in [2.45, 2.75) is 46.3 Å². The molecule has 4 heteroatoms. The van der Waals surface area contributed by atoms with Crippen molar-refractivity contribution in [2.24, 2.45) is 11.8 Å². The molecule has 4 nitrogen and oxygen atoms in total. The summed E-state index contributed by atoms with van der Waals surface area (Å²) in [7, 11) is 0. The SMILES string of the molecule is C=C1C(=O)OC(CC(C)C)(CC(C)C)OC1=O. The third kappa shape index (κ3) is 3.32. The van der Waals surface area contributed by atoms with Gasteiger partial charge >= 0.3 is 11.9 Å². The highest BCUT2D eigenvalue weighted by Crippen LogP contribution is 2.34. The molecule has 1 fully saturated rings.